The van der Waals surface area contributed by atoms with E-state index in [-0.39, 0.29) is 6.54 Å². The summed E-state index contributed by atoms with van der Waals surface area (Å²) in [5.41, 5.74) is 0. The van der Waals surface area contributed by atoms with Gasteiger partial charge in [0.15, 0.2) is 0 Å². The molecule has 0 saturated carbocycles. The molecule has 2 aromatic rings. The number of nitrogens with one attached hydrogen (secondary N) is 1. The monoisotopic (exact) mass is 349 g/mol. The minimum Gasteiger partial charge on any atom is -0.404 e. The molecular weight excluding hydrogens is 335 g/mol. The van der Waals surface area contributed by atoms with Crippen LogP contribution in [0.25, 0.3) is 0 Å². The van der Waals surface area contributed by atoms with Crippen LogP contribution in [-0.2, 0) is 16.6 Å². The molecule has 0 amide bonds. The van der Waals surface area contributed by atoms with Gasteiger partial charge in [0, 0.05) is 25.0 Å². The van der Waals surface area contributed by atoms with Gasteiger partial charge >= 0.3 is 6.36 Å². The molecule has 1 aromatic heterocycles. The smallest absolute Gasteiger partial charge is 0.404 e. The van der Waals surface area contributed by atoms with E-state index in [2.05, 4.69) is 14.4 Å². The molecule has 126 valence electrons. The van der Waals surface area contributed by atoms with Gasteiger partial charge < -0.3 is 9.30 Å². The number of sulfonamides is 1. The summed E-state index contributed by atoms with van der Waals surface area (Å²) in [6, 6.07) is 4.01. The lowest BCUT2D eigenvalue weighted by molar-refractivity contribution is -0.275. The fraction of sp³-hybridized carbons (Fsp3) is 0.308. The summed E-state index contributed by atoms with van der Waals surface area (Å²) in [6.45, 7) is 1.87. The van der Waals surface area contributed by atoms with Crippen molar-refractivity contribution in [1.82, 2.24) is 14.3 Å². The van der Waals surface area contributed by atoms with E-state index in [1.54, 1.807) is 17.7 Å². The number of nitrogens with zero attached hydrogens (tertiary/aromatic N) is 2. The minimum atomic E-state index is -4.98. The average molecular weight is 349 g/mol. The zero-order chi connectivity index (χ0) is 17.1. The molecule has 0 aliphatic heterocycles. The van der Waals surface area contributed by atoms with E-state index in [1.165, 1.54) is 24.7 Å². The van der Waals surface area contributed by atoms with E-state index < -0.39 is 33.1 Å². The second-order valence-electron chi connectivity index (χ2n) is 4.78. The molecule has 1 heterocycles. The van der Waals surface area contributed by atoms with Gasteiger partial charge in [0.2, 0.25) is 10.0 Å². The Morgan fingerprint density at radius 3 is 2.65 bits per heavy atom. The summed E-state index contributed by atoms with van der Waals surface area (Å²) in [5, 5.41) is 0. The zero-order valence-corrected chi connectivity index (χ0v) is 12.8. The van der Waals surface area contributed by atoms with Crippen molar-refractivity contribution in [2.75, 3.05) is 0 Å². The number of halogens is 3. The number of alkyl halides is 3. The maximum atomic E-state index is 12.4. The highest BCUT2D eigenvalue weighted by molar-refractivity contribution is 7.89. The predicted octanol–water partition coefficient (Wildman–Crippen LogP) is 2.15. The van der Waals surface area contributed by atoms with Crippen molar-refractivity contribution in [2.24, 2.45) is 0 Å². The second-order valence-corrected chi connectivity index (χ2v) is 6.46. The Morgan fingerprint density at radius 1 is 1.35 bits per heavy atom. The Labute approximate surface area is 131 Å². The van der Waals surface area contributed by atoms with Gasteiger partial charge in [-0.05, 0) is 19.1 Å². The van der Waals surface area contributed by atoms with Gasteiger partial charge in [-0.1, -0.05) is 12.1 Å². The quantitative estimate of drug-likeness (QED) is 0.867. The van der Waals surface area contributed by atoms with Crippen LogP contribution in [0.4, 0.5) is 13.2 Å². The second kappa shape index (κ2) is 6.59. The number of imidazole rings is 1. The molecule has 1 atom stereocenters. The molecule has 6 nitrogen and oxygen atoms in total. The maximum absolute atomic E-state index is 12.4. The van der Waals surface area contributed by atoms with Crippen molar-refractivity contribution in [2.45, 2.75) is 30.8 Å². The third-order valence-electron chi connectivity index (χ3n) is 2.76. The predicted molar refractivity (Wildman–Crippen MR) is 75.1 cm³/mol. The van der Waals surface area contributed by atoms with Crippen molar-refractivity contribution in [3.63, 3.8) is 0 Å². The summed E-state index contributed by atoms with van der Waals surface area (Å²) in [6.07, 6.45) is -0.293. The highest BCUT2D eigenvalue weighted by atomic mass is 32.2. The molecule has 1 N–H and O–H groups in total. The molecule has 0 fully saturated rings. The van der Waals surface area contributed by atoms with Gasteiger partial charge in [-0.2, -0.15) is 0 Å². The van der Waals surface area contributed by atoms with Crippen molar-refractivity contribution >= 4 is 10.0 Å². The molecule has 1 unspecified atom stereocenters. The normalized spacial score (nSPS) is 13.7. The molecule has 0 aliphatic rings. The Bertz CT molecular complexity index is 745. The van der Waals surface area contributed by atoms with Crippen LogP contribution < -0.4 is 9.46 Å². The molecule has 10 heteroatoms. The topological polar surface area (TPSA) is 73.2 Å². The van der Waals surface area contributed by atoms with Crippen LogP contribution in [0.3, 0.4) is 0 Å². The van der Waals surface area contributed by atoms with Crippen LogP contribution in [0.2, 0.25) is 0 Å². The van der Waals surface area contributed by atoms with E-state index >= 15 is 0 Å². The number of ether oxygens (including phenoxy) is 1. The molecular formula is C13H14F3N3O3S. The van der Waals surface area contributed by atoms with Crippen molar-refractivity contribution in [3.05, 3.63) is 43.0 Å². The fourth-order valence-electron chi connectivity index (χ4n) is 1.96. The van der Waals surface area contributed by atoms with Crippen molar-refractivity contribution in [1.29, 1.82) is 0 Å². The first-order chi connectivity index (χ1) is 10.7. The Hall–Kier alpha value is -2.07. The molecule has 0 spiro atoms. The first-order valence-corrected chi connectivity index (χ1v) is 7.98. The zero-order valence-electron chi connectivity index (χ0n) is 12.0. The lowest BCUT2D eigenvalue weighted by Gasteiger charge is -2.17. The minimum absolute atomic E-state index is 0.279. The van der Waals surface area contributed by atoms with Crippen LogP contribution in [0.1, 0.15) is 6.92 Å². The summed E-state index contributed by atoms with van der Waals surface area (Å²) in [7, 11) is -4.17. The van der Waals surface area contributed by atoms with Gasteiger partial charge in [0.05, 0.1) is 6.33 Å². The van der Waals surface area contributed by atoms with E-state index in [4.69, 9.17) is 0 Å². The Kier molecular flexibility index (Phi) is 4.95. The fourth-order valence-corrected chi connectivity index (χ4v) is 3.32. The largest absolute Gasteiger partial charge is 0.573 e. The molecule has 1 aromatic carbocycles. The maximum Gasteiger partial charge on any atom is 0.573 e. The molecule has 0 bridgehead atoms. The first-order valence-electron chi connectivity index (χ1n) is 6.50. The van der Waals surface area contributed by atoms with Crippen molar-refractivity contribution < 1.29 is 26.3 Å². The summed E-state index contributed by atoms with van der Waals surface area (Å²) in [4.78, 5) is 3.25. The number of aromatic nitrogens is 2. The van der Waals surface area contributed by atoms with Crippen LogP contribution >= 0.6 is 0 Å². The lowest BCUT2D eigenvalue weighted by Crippen LogP contribution is -2.36. The number of hydrogen-bond acceptors (Lipinski definition) is 4. The molecule has 2 rings (SSSR count). The standard InChI is InChI=1S/C13H14F3N3O3S/c1-10(8-19-7-6-17-9-19)18-23(20,21)12-5-3-2-4-11(12)22-13(14,15)16/h2-7,9-10,18H,8H2,1H3. The molecule has 0 aliphatic carbocycles. The van der Waals surface area contributed by atoms with Crippen LogP contribution in [0.15, 0.2) is 47.9 Å². The number of rotatable bonds is 6. The van der Waals surface area contributed by atoms with Crippen LogP contribution in [0.5, 0.6) is 5.75 Å². The van der Waals surface area contributed by atoms with E-state index in [0.29, 0.717) is 0 Å². The van der Waals surface area contributed by atoms with Crippen LogP contribution in [-0.4, -0.2) is 30.4 Å². The third kappa shape index (κ3) is 4.96. The van der Waals surface area contributed by atoms with Crippen molar-refractivity contribution in [3.8, 4) is 5.75 Å². The van der Waals surface area contributed by atoms with Gasteiger partial charge in [-0.15, -0.1) is 13.2 Å². The lowest BCUT2D eigenvalue weighted by atomic mass is 10.3. The van der Waals surface area contributed by atoms with E-state index in [1.807, 2.05) is 0 Å². The Balaban J connectivity index is 2.19. The average Bonchev–Trinajstić information content (AvgIpc) is 2.89. The van der Waals surface area contributed by atoms with Gasteiger partial charge in [0.1, 0.15) is 10.6 Å². The van der Waals surface area contributed by atoms with Gasteiger partial charge in [-0.25, -0.2) is 18.1 Å². The van der Waals surface area contributed by atoms with Gasteiger partial charge in [0.25, 0.3) is 0 Å². The summed E-state index contributed by atoms with van der Waals surface area (Å²) >= 11 is 0. The molecule has 0 radical (unpaired) electrons. The third-order valence-corrected chi connectivity index (χ3v) is 4.39. The molecule has 0 saturated heterocycles. The van der Waals surface area contributed by atoms with E-state index in [0.717, 1.165) is 12.1 Å². The summed E-state index contributed by atoms with van der Waals surface area (Å²) in [5.74, 6) is -0.776. The highest BCUT2D eigenvalue weighted by Gasteiger charge is 2.34. The number of benzene rings is 1. The first kappa shape index (κ1) is 17.3. The Morgan fingerprint density at radius 2 is 2.04 bits per heavy atom. The number of para-hydroxylation sites is 1. The number of hydrogen-bond donors (Lipinski definition) is 1. The highest BCUT2D eigenvalue weighted by Crippen LogP contribution is 2.29. The van der Waals surface area contributed by atoms with E-state index in [9.17, 15) is 21.6 Å². The van der Waals surface area contributed by atoms with Crippen LogP contribution in [0, 0.1) is 0 Å². The SMILES string of the molecule is CC(Cn1ccnc1)NS(=O)(=O)c1ccccc1OC(F)(F)F. The molecule has 23 heavy (non-hydrogen) atoms. The summed E-state index contributed by atoms with van der Waals surface area (Å²) < 4.78 is 69.4. The van der Waals surface area contributed by atoms with Gasteiger partial charge in [-0.3, -0.25) is 0 Å².